The molecule has 9 heteroatoms. The minimum absolute atomic E-state index is 0.0256. The van der Waals surface area contributed by atoms with Gasteiger partial charge in [0.05, 0.1) is 24.0 Å². The monoisotopic (exact) mass is 506 g/mol. The van der Waals surface area contributed by atoms with E-state index in [-0.39, 0.29) is 30.1 Å². The lowest BCUT2D eigenvalue weighted by molar-refractivity contribution is -0.146. The van der Waals surface area contributed by atoms with Gasteiger partial charge in [0.25, 0.3) is 5.91 Å². The van der Waals surface area contributed by atoms with Crippen LogP contribution >= 0.6 is 0 Å². The van der Waals surface area contributed by atoms with E-state index in [1.165, 1.54) is 0 Å². The quantitative estimate of drug-likeness (QED) is 0.455. The van der Waals surface area contributed by atoms with Crippen LogP contribution in [0.1, 0.15) is 30.2 Å². The summed E-state index contributed by atoms with van der Waals surface area (Å²) in [5, 5.41) is 17.4. The number of aliphatic hydroxyl groups is 1. The van der Waals surface area contributed by atoms with Gasteiger partial charge >= 0.3 is 0 Å². The summed E-state index contributed by atoms with van der Waals surface area (Å²) in [4.78, 5) is 27.5. The van der Waals surface area contributed by atoms with Crippen LogP contribution in [-0.2, 0) is 34.6 Å². The molecule has 2 aliphatic rings. The van der Waals surface area contributed by atoms with Crippen LogP contribution in [0.4, 0.5) is 5.69 Å². The smallest absolute Gasteiger partial charge is 0.264 e. The van der Waals surface area contributed by atoms with E-state index in [0.29, 0.717) is 25.9 Å². The lowest BCUT2D eigenvalue weighted by atomic mass is 9.82. The second-order valence-electron chi connectivity index (χ2n) is 10.5. The lowest BCUT2D eigenvalue weighted by Gasteiger charge is -2.32. The zero-order valence-corrected chi connectivity index (χ0v) is 22.0. The summed E-state index contributed by atoms with van der Waals surface area (Å²) in [6.07, 6.45) is 2.59. The molecule has 190 valence electrons. The fourth-order valence-electron chi connectivity index (χ4n) is 6.16. The van der Waals surface area contributed by atoms with Crippen molar-refractivity contribution in [1.82, 2.24) is 15.0 Å². The summed E-state index contributed by atoms with van der Waals surface area (Å²) in [6.45, 7) is 6.98. The third kappa shape index (κ3) is 4.19. The number of benzene rings is 2. The van der Waals surface area contributed by atoms with E-state index >= 15 is 0 Å². The number of hydrogen-bond acceptors (Lipinski definition) is 6. The largest absolute Gasteiger partial charge is 0.432 e. The second kappa shape index (κ2) is 9.55. The van der Waals surface area contributed by atoms with Crippen LogP contribution in [0, 0.1) is 5.92 Å². The standard InChI is InChI=1S/C27H34N4O4Si/c1-19-25(36(2,3)34)24(13-15-30-18-21(14-16-32)28-29-30)35-27(19)22-11-7-8-12-23(22)31(26(27)33)17-20-9-5-4-6-10-20/h4-12,18-19,24-25,32,34H,13-17H2,1-3H3/t19-,24+,25-,27+/m1/s1. The van der Waals surface area contributed by atoms with Gasteiger partial charge in [-0.3, -0.25) is 9.48 Å². The normalized spacial score (nSPS) is 25.6. The van der Waals surface area contributed by atoms with Crippen LogP contribution < -0.4 is 4.90 Å². The van der Waals surface area contributed by atoms with Crippen molar-refractivity contribution < 1.29 is 19.4 Å². The van der Waals surface area contributed by atoms with E-state index < -0.39 is 13.9 Å². The van der Waals surface area contributed by atoms with E-state index in [1.807, 2.05) is 78.8 Å². The van der Waals surface area contributed by atoms with Crippen LogP contribution in [-0.4, -0.2) is 51.8 Å². The Hall–Kier alpha value is -2.85. The molecule has 2 aromatic carbocycles. The summed E-state index contributed by atoms with van der Waals surface area (Å²) < 4.78 is 8.58. The molecule has 2 N–H and O–H groups in total. The number of carbonyl (C=O) groups is 1. The van der Waals surface area contributed by atoms with Crippen LogP contribution in [0.25, 0.3) is 0 Å². The minimum Gasteiger partial charge on any atom is -0.432 e. The van der Waals surface area contributed by atoms with E-state index in [0.717, 1.165) is 22.5 Å². The maximum atomic E-state index is 14.3. The van der Waals surface area contributed by atoms with Crippen molar-refractivity contribution in [3.05, 3.63) is 77.6 Å². The van der Waals surface area contributed by atoms with Gasteiger partial charge < -0.3 is 19.5 Å². The maximum Gasteiger partial charge on any atom is 0.264 e. The molecular weight excluding hydrogens is 472 g/mol. The molecule has 0 radical (unpaired) electrons. The second-order valence-corrected chi connectivity index (χ2v) is 14.5. The molecule has 1 fully saturated rings. The Bertz CT molecular complexity index is 1230. The molecule has 5 rings (SSSR count). The van der Waals surface area contributed by atoms with E-state index in [9.17, 15) is 9.59 Å². The first kappa shape index (κ1) is 24.8. The molecule has 0 aliphatic carbocycles. The molecule has 8 nitrogen and oxygen atoms in total. The number of aliphatic hydroxyl groups excluding tert-OH is 1. The molecule has 1 saturated heterocycles. The third-order valence-electron chi connectivity index (χ3n) is 7.67. The van der Waals surface area contributed by atoms with Gasteiger partial charge in [-0.05, 0) is 31.1 Å². The molecule has 1 spiro atoms. The van der Waals surface area contributed by atoms with Gasteiger partial charge in [0.15, 0.2) is 13.9 Å². The number of nitrogens with zero attached hydrogens (tertiary/aromatic N) is 4. The summed E-state index contributed by atoms with van der Waals surface area (Å²) in [7, 11) is -2.71. The van der Waals surface area contributed by atoms with Gasteiger partial charge in [0.2, 0.25) is 0 Å². The van der Waals surface area contributed by atoms with Crippen molar-refractivity contribution in [2.24, 2.45) is 5.92 Å². The molecule has 0 bridgehead atoms. The number of amides is 1. The summed E-state index contributed by atoms with van der Waals surface area (Å²) in [5.41, 5.74) is 2.29. The number of aromatic nitrogens is 3. The number of rotatable bonds is 8. The van der Waals surface area contributed by atoms with Crippen molar-refractivity contribution >= 4 is 19.9 Å². The average molecular weight is 507 g/mol. The van der Waals surface area contributed by atoms with Crippen molar-refractivity contribution in [1.29, 1.82) is 0 Å². The van der Waals surface area contributed by atoms with Crippen LogP contribution in [0.15, 0.2) is 60.8 Å². The van der Waals surface area contributed by atoms with Crippen molar-refractivity contribution in [3.8, 4) is 0 Å². The van der Waals surface area contributed by atoms with E-state index in [2.05, 4.69) is 17.2 Å². The summed E-state index contributed by atoms with van der Waals surface area (Å²) in [5.74, 6) is -0.249. The minimum atomic E-state index is -2.71. The molecule has 2 aliphatic heterocycles. The zero-order valence-electron chi connectivity index (χ0n) is 21.0. The van der Waals surface area contributed by atoms with Crippen LogP contribution in [0.2, 0.25) is 18.6 Å². The first-order valence-electron chi connectivity index (χ1n) is 12.6. The number of aryl methyl sites for hydroxylation is 1. The fourth-order valence-corrected chi connectivity index (χ4v) is 8.76. The van der Waals surface area contributed by atoms with E-state index in [1.54, 1.807) is 4.68 Å². The number of ether oxygens (including phenoxy) is 1. The van der Waals surface area contributed by atoms with Crippen molar-refractivity contribution in [3.63, 3.8) is 0 Å². The highest BCUT2D eigenvalue weighted by Gasteiger charge is 2.66. The maximum absolute atomic E-state index is 14.3. The molecule has 1 aromatic heterocycles. The Labute approximate surface area is 212 Å². The van der Waals surface area contributed by atoms with Gasteiger partial charge in [0, 0.05) is 42.8 Å². The summed E-state index contributed by atoms with van der Waals surface area (Å²) in [6, 6.07) is 17.9. The van der Waals surface area contributed by atoms with Gasteiger partial charge in [-0.15, -0.1) is 5.10 Å². The molecule has 36 heavy (non-hydrogen) atoms. The van der Waals surface area contributed by atoms with Crippen LogP contribution in [0.3, 0.4) is 0 Å². The topological polar surface area (TPSA) is 101 Å². The van der Waals surface area contributed by atoms with Crippen molar-refractivity contribution in [2.75, 3.05) is 11.5 Å². The van der Waals surface area contributed by atoms with Crippen molar-refractivity contribution in [2.45, 2.75) is 63.2 Å². The number of fused-ring (bicyclic) bond motifs is 2. The molecule has 1 amide bonds. The van der Waals surface area contributed by atoms with Crippen LogP contribution in [0.5, 0.6) is 0 Å². The highest BCUT2D eigenvalue weighted by Crippen LogP contribution is 2.59. The predicted octanol–water partition coefficient (Wildman–Crippen LogP) is 3.25. The Balaban J connectivity index is 1.48. The Morgan fingerprint density at radius 2 is 1.83 bits per heavy atom. The Morgan fingerprint density at radius 1 is 1.11 bits per heavy atom. The first-order chi connectivity index (χ1) is 17.3. The number of para-hydroxylation sites is 1. The molecule has 0 saturated carbocycles. The van der Waals surface area contributed by atoms with Gasteiger partial charge in [-0.1, -0.05) is 60.7 Å². The number of carbonyl (C=O) groups excluding carboxylic acids is 1. The Kier molecular flexibility index (Phi) is 6.59. The summed E-state index contributed by atoms with van der Waals surface area (Å²) >= 11 is 0. The molecular formula is C27H34N4O4Si. The highest BCUT2D eigenvalue weighted by atomic mass is 28.4. The first-order valence-corrected chi connectivity index (χ1v) is 15.6. The van der Waals surface area contributed by atoms with Gasteiger partial charge in [0.1, 0.15) is 0 Å². The fraction of sp³-hybridized carbons (Fsp3) is 0.444. The Morgan fingerprint density at radius 3 is 2.56 bits per heavy atom. The number of anilines is 1. The molecule has 0 unspecified atom stereocenters. The lowest BCUT2D eigenvalue weighted by Crippen LogP contribution is -2.46. The molecule has 3 aromatic rings. The predicted molar refractivity (Wildman–Crippen MR) is 139 cm³/mol. The third-order valence-corrected chi connectivity index (χ3v) is 10.2. The number of hydrogen-bond donors (Lipinski definition) is 2. The molecule has 4 atom stereocenters. The highest BCUT2D eigenvalue weighted by molar-refractivity contribution is 6.71. The zero-order chi connectivity index (χ0) is 25.5. The van der Waals surface area contributed by atoms with E-state index in [4.69, 9.17) is 9.84 Å². The van der Waals surface area contributed by atoms with Gasteiger partial charge in [-0.2, -0.15) is 0 Å². The van der Waals surface area contributed by atoms with Gasteiger partial charge in [-0.25, -0.2) is 0 Å². The molecule has 3 heterocycles. The average Bonchev–Trinajstić information content (AvgIpc) is 3.49. The SMILES string of the molecule is C[C@@H]1[C@@H]([Si](C)(C)O)[C@H](CCn2cc(CCO)nn2)O[C@@]12C(=O)N(Cc1ccccc1)c1ccccc12.